The molecule has 0 bridgehead atoms. The molecule has 2 aromatic carbocycles. The van der Waals surface area contributed by atoms with Crippen molar-refractivity contribution in [1.82, 2.24) is 15.2 Å². The number of rotatable bonds is 5. The average Bonchev–Trinajstić information content (AvgIpc) is 3.43. The fourth-order valence-electron chi connectivity index (χ4n) is 5.14. The van der Waals surface area contributed by atoms with Gasteiger partial charge in [-0.1, -0.05) is 30.3 Å². The fourth-order valence-corrected chi connectivity index (χ4v) is 5.14. The first-order valence-electron chi connectivity index (χ1n) is 11.7. The van der Waals surface area contributed by atoms with Crippen LogP contribution in [0.4, 0.5) is 11.7 Å². The van der Waals surface area contributed by atoms with Gasteiger partial charge in [-0.3, -0.25) is 4.79 Å². The molecule has 34 heavy (non-hydrogen) atoms. The lowest BCUT2D eigenvalue weighted by Crippen LogP contribution is -2.59. The summed E-state index contributed by atoms with van der Waals surface area (Å²) in [6, 6.07) is 13.7. The van der Waals surface area contributed by atoms with E-state index < -0.39 is 0 Å². The monoisotopic (exact) mass is 458 g/mol. The summed E-state index contributed by atoms with van der Waals surface area (Å²) in [5, 5.41) is 13.0. The summed E-state index contributed by atoms with van der Waals surface area (Å²) in [6.45, 7) is 6.61. The highest BCUT2D eigenvalue weighted by molar-refractivity contribution is 6.03. The maximum absolute atomic E-state index is 11.4. The number of benzene rings is 2. The van der Waals surface area contributed by atoms with E-state index in [0.29, 0.717) is 41.8 Å². The number of oxazole rings is 1. The molecule has 176 valence electrons. The van der Waals surface area contributed by atoms with Gasteiger partial charge in [0.25, 0.3) is 6.01 Å². The largest absolute Gasteiger partial charge is 0.421 e. The average molecular weight is 459 g/mol. The summed E-state index contributed by atoms with van der Waals surface area (Å²) >= 11 is 0. The van der Waals surface area contributed by atoms with Crippen molar-refractivity contribution < 1.29 is 9.21 Å². The molecule has 0 aliphatic carbocycles. The van der Waals surface area contributed by atoms with Crippen molar-refractivity contribution in [2.45, 2.75) is 32.4 Å². The van der Waals surface area contributed by atoms with Gasteiger partial charge >= 0.3 is 0 Å². The Morgan fingerprint density at radius 2 is 1.94 bits per heavy atom. The molecule has 2 fully saturated rings. The second kappa shape index (κ2) is 8.65. The third-order valence-electron chi connectivity index (χ3n) is 7.00. The van der Waals surface area contributed by atoms with Crippen molar-refractivity contribution in [2.24, 2.45) is 0 Å². The van der Waals surface area contributed by atoms with Gasteiger partial charge in [-0.15, -0.1) is 0 Å². The molecule has 1 amide bonds. The van der Waals surface area contributed by atoms with Gasteiger partial charge in [-0.2, -0.15) is 10.2 Å². The minimum atomic E-state index is -0.0381. The Kier molecular flexibility index (Phi) is 5.66. The van der Waals surface area contributed by atoms with E-state index in [2.05, 4.69) is 47.4 Å². The van der Waals surface area contributed by atoms with Crippen LogP contribution in [0.25, 0.3) is 22.2 Å². The zero-order valence-electron chi connectivity index (χ0n) is 20.1. The molecule has 8 heteroatoms. The third kappa shape index (κ3) is 3.76. The predicted octanol–water partition coefficient (Wildman–Crippen LogP) is 3.14. The molecule has 1 aromatic heterocycles. The topological polar surface area (TPSA) is 88.6 Å². The lowest BCUT2D eigenvalue weighted by molar-refractivity contribution is -0.119. The van der Waals surface area contributed by atoms with Crippen molar-refractivity contribution in [2.75, 3.05) is 50.1 Å². The maximum Gasteiger partial charge on any atom is 0.298 e. The molecule has 5 rings (SSSR count). The van der Waals surface area contributed by atoms with Crippen LogP contribution in [0.5, 0.6) is 0 Å². The Balaban J connectivity index is 1.66. The molecule has 2 aliphatic heterocycles. The first-order valence-corrected chi connectivity index (χ1v) is 11.7. The molecule has 3 heterocycles. The summed E-state index contributed by atoms with van der Waals surface area (Å²) < 4.78 is 6.42. The third-order valence-corrected chi connectivity index (χ3v) is 7.00. The molecule has 2 saturated heterocycles. The van der Waals surface area contributed by atoms with Gasteiger partial charge < -0.3 is 24.4 Å². The standard InChI is InChI=1S/C26H30N6O2/c1-16-21(12-27)23-25(34-26(29-23)32-13-19(14-32)28-17(2)33)24(22(16)18-8-6-5-7-9-18)31-11-10-20(15-31)30(3)4/h5-9,19-20H,10-11,13-15H2,1-4H3,(H,28,33)/t20-/m0/s1. The van der Waals surface area contributed by atoms with E-state index in [1.165, 1.54) is 6.92 Å². The van der Waals surface area contributed by atoms with Gasteiger partial charge in [0.15, 0.2) is 5.58 Å². The Labute approximate surface area is 199 Å². The van der Waals surface area contributed by atoms with Crippen molar-refractivity contribution in [3.8, 4) is 17.2 Å². The van der Waals surface area contributed by atoms with Crippen LogP contribution in [0.15, 0.2) is 34.7 Å². The number of nitrogens with one attached hydrogen (secondary N) is 1. The number of hydrogen-bond acceptors (Lipinski definition) is 7. The van der Waals surface area contributed by atoms with Gasteiger partial charge in [0.05, 0.1) is 17.3 Å². The van der Waals surface area contributed by atoms with Gasteiger partial charge in [0, 0.05) is 44.7 Å². The lowest BCUT2D eigenvalue weighted by atomic mass is 9.93. The van der Waals surface area contributed by atoms with Crippen LogP contribution in [0, 0.1) is 18.3 Å². The minimum absolute atomic E-state index is 0.0381. The van der Waals surface area contributed by atoms with Crippen LogP contribution < -0.4 is 15.1 Å². The Hall–Kier alpha value is -3.57. The molecule has 2 aliphatic rings. The number of carbonyl (C=O) groups excluding carboxylic acids is 1. The number of likely N-dealkylation sites (N-methyl/N-ethyl adjacent to an activating group) is 1. The van der Waals surface area contributed by atoms with Crippen LogP contribution in [-0.4, -0.2) is 68.1 Å². The summed E-state index contributed by atoms with van der Waals surface area (Å²) in [6.07, 6.45) is 1.06. The summed E-state index contributed by atoms with van der Waals surface area (Å²) in [5.41, 5.74) is 5.86. The molecule has 1 N–H and O–H groups in total. The van der Waals surface area contributed by atoms with Gasteiger partial charge in [-0.25, -0.2) is 0 Å². The zero-order valence-corrected chi connectivity index (χ0v) is 20.1. The van der Waals surface area contributed by atoms with E-state index in [4.69, 9.17) is 9.40 Å². The molecule has 3 aromatic rings. The zero-order chi connectivity index (χ0) is 24.0. The highest BCUT2D eigenvalue weighted by Gasteiger charge is 2.35. The van der Waals surface area contributed by atoms with E-state index in [-0.39, 0.29) is 11.9 Å². The van der Waals surface area contributed by atoms with Gasteiger partial charge in [0.1, 0.15) is 11.6 Å². The SMILES string of the molecule is CC(=O)NC1CN(c2nc3c(C#N)c(C)c(-c4ccccc4)c(N4CC[C@H](N(C)C)C4)c3o2)C1. The Bertz CT molecular complexity index is 1270. The Morgan fingerprint density at radius 3 is 2.56 bits per heavy atom. The lowest BCUT2D eigenvalue weighted by Gasteiger charge is -2.38. The molecular weight excluding hydrogens is 428 g/mol. The van der Waals surface area contributed by atoms with Crippen LogP contribution in [0.2, 0.25) is 0 Å². The molecule has 1 atom stereocenters. The van der Waals surface area contributed by atoms with E-state index in [1.54, 1.807) is 0 Å². The molecule has 8 nitrogen and oxygen atoms in total. The number of carbonyl (C=O) groups is 1. The summed E-state index contributed by atoms with van der Waals surface area (Å²) in [5.74, 6) is -0.0381. The van der Waals surface area contributed by atoms with E-state index in [9.17, 15) is 10.1 Å². The van der Waals surface area contributed by atoms with Crippen LogP contribution in [-0.2, 0) is 4.79 Å². The van der Waals surface area contributed by atoms with Crippen LogP contribution in [0.3, 0.4) is 0 Å². The minimum Gasteiger partial charge on any atom is -0.421 e. The second-order valence-electron chi connectivity index (χ2n) is 9.53. The normalized spacial score (nSPS) is 18.4. The number of fused-ring (bicyclic) bond motifs is 1. The number of nitriles is 1. The number of aromatic nitrogens is 1. The predicted molar refractivity (Wildman–Crippen MR) is 133 cm³/mol. The van der Waals surface area contributed by atoms with E-state index >= 15 is 0 Å². The van der Waals surface area contributed by atoms with E-state index in [1.807, 2.05) is 30.0 Å². The number of anilines is 2. The van der Waals surface area contributed by atoms with Crippen molar-refractivity contribution in [3.63, 3.8) is 0 Å². The second-order valence-corrected chi connectivity index (χ2v) is 9.53. The molecule has 0 spiro atoms. The van der Waals surface area contributed by atoms with E-state index in [0.717, 1.165) is 41.9 Å². The highest BCUT2D eigenvalue weighted by atomic mass is 16.4. The molecular formula is C26H30N6O2. The number of hydrogen-bond donors (Lipinski definition) is 1. The number of nitrogens with zero attached hydrogens (tertiary/aromatic N) is 5. The highest BCUT2D eigenvalue weighted by Crippen LogP contribution is 2.45. The summed E-state index contributed by atoms with van der Waals surface area (Å²) in [7, 11) is 4.24. The quantitative estimate of drug-likeness (QED) is 0.628. The Morgan fingerprint density at radius 1 is 1.21 bits per heavy atom. The smallest absolute Gasteiger partial charge is 0.298 e. The molecule has 0 radical (unpaired) electrons. The molecule has 0 saturated carbocycles. The van der Waals surface area contributed by atoms with Crippen LogP contribution >= 0.6 is 0 Å². The van der Waals surface area contributed by atoms with Crippen molar-refractivity contribution >= 4 is 28.7 Å². The van der Waals surface area contributed by atoms with Crippen molar-refractivity contribution in [3.05, 3.63) is 41.5 Å². The fraction of sp³-hybridized carbons (Fsp3) is 0.423. The first-order chi connectivity index (χ1) is 16.4. The first kappa shape index (κ1) is 22.2. The van der Waals surface area contributed by atoms with Gasteiger partial charge in [-0.05, 0) is 38.6 Å². The van der Waals surface area contributed by atoms with Crippen LogP contribution in [0.1, 0.15) is 24.5 Å². The number of amides is 1. The summed E-state index contributed by atoms with van der Waals surface area (Å²) in [4.78, 5) is 22.8. The van der Waals surface area contributed by atoms with Gasteiger partial charge in [0.2, 0.25) is 5.91 Å². The van der Waals surface area contributed by atoms with Crippen molar-refractivity contribution in [1.29, 1.82) is 5.26 Å². The molecule has 0 unspecified atom stereocenters. The maximum atomic E-state index is 11.4.